The zero-order valence-corrected chi connectivity index (χ0v) is 12.3. The van der Waals surface area contributed by atoms with Crippen molar-refractivity contribution in [2.24, 2.45) is 0 Å². The number of nitrogens with zero attached hydrogens (tertiary/aromatic N) is 2. The van der Waals surface area contributed by atoms with Crippen molar-refractivity contribution >= 4 is 17.5 Å². The average Bonchev–Trinajstić information content (AvgIpc) is 2.36. The normalized spacial score (nSPS) is 21.6. The molecule has 6 heteroatoms. The number of methoxy groups -OCH3 is 1. The van der Waals surface area contributed by atoms with Crippen molar-refractivity contribution < 1.29 is 14.3 Å². The second kappa shape index (κ2) is 5.28. The van der Waals surface area contributed by atoms with Gasteiger partial charge in [-0.3, -0.25) is 0 Å². The number of ether oxygens (including phenoxy) is 2. The first-order valence-electron chi connectivity index (χ1n) is 6.60. The summed E-state index contributed by atoms with van der Waals surface area (Å²) < 4.78 is 10.6. The smallest absolute Gasteiger partial charge is 0.356 e. The molecule has 1 aromatic rings. The molecule has 1 aromatic heterocycles. The Hall–Kier alpha value is -1.82. The Morgan fingerprint density at radius 1 is 1.55 bits per heavy atom. The van der Waals surface area contributed by atoms with Crippen LogP contribution in [-0.2, 0) is 9.47 Å². The van der Waals surface area contributed by atoms with Crippen molar-refractivity contribution in [1.29, 1.82) is 0 Å². The number of hydrogen-bond donors (Lipinski definition) is 1. The Balaban J connectivity index is 2.33. The van der Waals surface area contributed by atoms with E-state index in [1.54, 1.807) is 12.1 Å². The maximum Gasteiger partial charge on any atom is 0.356 e. The van der Waals surface area contributed by atoms with Crippen LogP contribution in [0, 0.1) is 0 Å². The molecule has 1 fully saturated rings. The van der Waals surface area contributed by atoms with Gasteiger partial charge in [-0.2, -0.15) is 0 Å². The molecular weight excluding hydrogens is 258 g/mol. The summed E-state index contributed by atoms with van der Waals surface area (Å²) in [6.07, 6.45) is 0.0710. The SMILES string of the molecule is COC(=O)c1ccc(N)c(N2CC(C)OC(C)(C)C2)n1. The number of nitrogen functional groups attached to an aromatic ring is 1. The lowest BCUT2D eigenvalue weighted by Crippen LogP contribution is -2.52. The van der Waals surface area contributed by atoms with Crippen LogP contribution in [0.3, 0.4) is 0 Å². The Morgan fingerprint density at radius 2 is 2.25 bits per heavy atom. The van der Waals surface area contributed by atoms with E-state index in [0.29, 0.717) is 24.6 Å². The van der Waals surface area contributed by atoms with E-state index < -0.39 is 5.97 Å². The molecule has 0 radical (unpaired) electrons. The first-order valence-corrected chi connectivity index (χ1v) is 6.60. The molecule has 1 aliphatic rings. The molecule has 2 heterocycles. The summed E-state index contributed by atoms with van der Waals surface area (Å²) in [6.45, 7) is 7.41. The molecule has 0 aliphatic carbocycles. The maximum atomic E-state index is 11.6. The van der Waals surface area contributed by atoms with Crippen LogP contribution in [0.2, 0.25) is 0 Å². The van der Waals surface area contributed by atoms with Crippen molar-refractivity contribution in [3.05, 3.63) is 17.8 Å². The zero-order chi connectivity index (χ0) is 14.9. The van der Waals surface area contributed by atoms with Crippen molar-refractivity contribution in [2.75, 3.05) is 30.8 Å². The van der Waals surface area contributed by atoms with Crippen LogP contribution in [0.4, 0.5) is 11.5 Å². The second-order valence-corrected chi connectivity index (χ2v) is 5.67. The minimum absolute atomic E-state index is 0.0710. The zero-order valence-electron chi connectivity index (χ0n) is 12.3. The number of aromatic nitrogens is 1. The van der Waals surface area contributed by atoms with E-state index in [2.05, 4.69) is 9.88 Å². The van der Waals surface area contributed by atoms with E-state index in [9.17, 15) is 4.79 Å². The third-order valence-electron chi connectivity index (χ3n) is 3.17. The lowest BCUT2D eigenvalue weighted by molar-refractivity contribution is -0.0751. The Kier molecular flexibility index (Phi) is 3.85. The Labute approximate surface area is 118 Å². The summed E-state index contributed by atoms with van der Waals surface area (Å²) in [5, 5.41) is 0. The van der Waals surface area contributed by atoms with E-state index in [-0.39, 0.29) is 17.4 Å². The predicted octanol–water partition coefficient (Wildman–Crippen LogP) is 1.45. The van der Waals surface area contributed by atoms with Gasteiger partial charge in [0.15, 0.2) is 11.5 Å². The Bertz CT molecular complexity index is 516. The maximum absolute atomic E-state index is 11.6. The summed E-state index contributed by atoms with van der Waals surface area (Å²) in [4.78, 5) is 18.0. The first-order chi connectivity index (χ1) is 9.32. The van der Waals surface area contributed by atoms with Crippen LogP contribution in [-0.4, -0.2) is 42.9 Å². The van der Waals surface area contributed by atoms with Crippen molar-refractivity contribution in [2.45, 2.75) is 32.5 Å². The summed E-state index contributed by atoms with van der Waals surface area (Å²) in [5.74, 6) is 0.142. The van der Waals surface area contributed by atoms with E-state index >= 15 is 0 Å². The van der Waals surface area contributed by atoms with E-state index in [1.807, 2.05) is 20.8 Å². The van der Waals surface area contributed by atoms with Crippen LogP contribution < -0.4 is 10.6 Å². The van der Waals surface area contributed by atoms with Crippen LogP contribution >= 0.6 is 0 Å². The molecule has 0 saturated carbocycles. The van der Waals surface area contributed by atoms with Crippen LogP contribution in [0.15, 0.2) is 12.1 Å². The largest absolute Gasteiger partial charge is 0.464 e. The molecule has 0 bridgehead atoms. The molecule has 2 N–H and O–H groups in total. The van der Waals surface area contributed by atoms with Gasteiger partial charge in [0, 0.05) is 13.1 Å². The van der Waals surface area contributed by atoms with Gasteiger partial charge in [-0.25, -0.2) is 9.78 Å². The number of anilines is 2. The fourth-order valence-electron chi connectivity index (χ4n) is 2.55. The fourth-order valence-corrected chi connectivity index (χ4v) is 2.55. The topological polar surface area (TPSA) is 77.7 Å². The number of hydrogen-bond acceptors (Lipinski definition) is 6. The summed E-state index contributed by atoms with van der Waals surface area (Å²) in [6, 6.07) is 3.25. The molecular formula is C14H21N3O3. The number of carbonyl (C=O) groups excluding carboxylic acids is 1. The molecule has 20 heavy (non-hydrogen) atoms. The third-order valence-corrected chi connectivity index (χ3v) is 3.17. The highest BCUT2D eigenvalue weighted by Gasteiger charge is 2.33. The third kappa shape index (κ3) is 3.01. The van der Waals surface area contributed by atoms with E-state index in [1.165, 1.54) is 7.11 Å². The first kappa shape index (κ1) is 14.6. The van der Waals surface area contributed by atoms with Gasteiger partial charge in [-0.05, 0) is 32.9 Å². The minimum atomic E-state index is -0.466. The highest BCUT2D eigenvalue weighted by Crippen LogP contribution is 2.28. The van der Waals surface area contributed by atoms with Gasteiger partial charge >= 0.3 is 5.97 Å². The quantitative estimate of drug-likeness (QED) is 0.826. The molecule has 1 atom stereocenters. The molecule has 1 aliphatic heterocycles. The summed E-state index contributed by atoms with van der Waals surface area (Å²) in [7, 11) is 1.33. The second-order valence-electron chi connectivity index (χ2n) is 5.67. The summed E-state index contributed by atoms with van der Waals surface area (Å²) in [5.41, 5.74) is 6.52. The average molecular weight is 279 g/mol. The van der Waals surface area contributed by atoms with Crippen molar-refractivity contribution in [3.8, 4) is 0 Å². The molecule has 1 saturated heterocycles. The molecule has 1 unspecified atom stereocenters. The number of carbonyl (C=O) groups is 1. The van der Waals surface area contributed by atoms with Crippen LogP contribution in [0.1, 0.15) is 31.3 Å². The number of esters is 1. The molecule has 6 nitrogen and oxygen atoms in total. The van der Waals surface area contributed by atoms with Crippen molar-refractivity contribution in [3.63, 3.8) is 0 Å². The lowest BCUT2D eigenvalue weighted by Gasteiger charge is -2.42. The van der Waals surface area contributed by atoms with Crippen LogP contribution in [0.5, 0.6) is 0 Å². The summed E-state index contributed by atoms with van der Waals surface area (Å²) >= 11 is 0. The van der Waals surface area contributed by atoms with Crippen molar-refractivity contribution in [1.82, 2.24) is 4.98 Å². The predicted molar refractivity (Wildman–Crippen MR) is 76.8 cm³/mol. The molecule has 2 rings (SSSR count). The van der Waals surface area contributed by atoms with Gasteiger partial charge in [-0.15, -0.1) is 0 Å². The van der Waals surface area contributed by atoms with E-state index in [4.69, 9.17) is 15.2 Å². The standard InChI is InChI=1S/C14H21N3O3/c1-9-7-17(8-14(2,3)20-9)12-10(15)5-6-11(16-12)13(18)19-4/h5-6,9H,7-8,15H2,1-4H3. The monoisotopic (exact) mass is 279 g/mol. The fraction of sp³-hybridized carbons (Fsp3) is 0.571. The van der Waals surface area contributed by atoms with Gasteiger partial charge < -0.3 is 20.1 Å². The highest BCUT2D eigenvalue weighted by atomic mass is 16.5. The molecule has 110 valence electrons. The highest BCUT2D eigenvalue weighted by molar-refractivity contribution is 5.88. The van der Waals surface area contributed by atoms with Gasteiger partial charge in [0.1, 0.15) is 0 Å². The van der Waals surface area contributed by atoms with Gasteiger partial charge in [0.25, 0.3) is 0 Å². The van der Waals surface area contributed by atoms with Gasteiger partial charge in [-0.1, -0.05) is 0 Å². The minimum Gasteiger partial charge on any atom is -0.464 e. The van der Waals surface area contributed by atoms with Crippen LogP contribution in [0.25, 0.3) is 0 Å². The Morgan fingerprint density at radius 3 is 2.85 bits per heavy atom. The number of pyridine rings is 1. The number of rotatable bonds is 2. The number of morpholine rings is 1. The van der Waals surface area contributed by atoms with E-state index in [0.717, 1.165) is 0 Å². The lowest BCUT2D eigenvalue weighted by atomic mass is 10.1. The molecule has 0 aromatic carbocycles. The van der Waals surface area contributed by atoms with Gasteiger partial charge in [0.2, 0.25) is 0 Å². The molecule has 0 spiro atoms. The molecule has 0 amide bonds. The number of nitrogens with two attached hydrogens (primary N) is 1. The van der Waals surface area contributed by atoms with Gasteiger partial charge in [0.05, 0.1) is 24.5 Å².